The molecule has 0 aromatic heterocycles. The highest BCUT2D eigenvalue weighted by Gasteiger charge is 2.29. The van der Waals surface area contributed by atoms with E-state index >= 15 is 0 Å². The maximum absolute atomic E-state index is 13.7. The summed E-state index contributed by atoms with van der Waals surface area (Å²) in [5.41, 5.74) is 3.04. The molecule has 3 heteroatoms. The predicted molar refractivity (Wildman–Crippen MR) is 89.6 cm³/mol. The van der Waals surface area contributed by atoms with E-state index in [9.17, 15) is 9.18 Å². The highest BCUT2D eigenvalue weighted by atomic mass is 19.1. The summed E-state index contributed by atoms with van der Waals surface area (Å²) in [4.78, 5) is 14.5. The van der Waals surface area contributed by atoms with Crippen molar-refractivity contribution in [2.45, 2.75) is 38.6 Å². The number of aryl methyl sites for hydroxylation is 2. The van der Waals surface area contributed by atoms with E-state index in [1.165, 1.54) is 17.2 Å². The lowest BCUT2D eigenvalue weighted by atomic mass is 10.0. The van der Waals surface area contributed by atoms with Crippen molar-refractivity contribution in [2.75, 3.05) is 6.54 Å². The van der Waals surface area contributed by atoms with Crippen molar-refractivity contribution in [3.05, 3.63) is 71.0 Å². The van der Waals surface area contributed by atoms with Crippen LogP contribution in [0.2, 0.25) is 0 Å². The molecule has 0 spiro atoms. The average molecular weight is 311 g/mol. The Morgan fingerprint density at radius 1 is 1.17 bits per heavy atom. The van der Waals surface area contributed by atoms with E-state index in [-0.39, 0.29) is 17.8 Å². The highest BCUT2D eigenvalue weighted by Crippen LogP contribution is 2.32. The third kappa shape index (κ3) is 3.61. The summed E-state index contributed by atoms with van der Waals surface area (Å²) in [6.45, 7) is 2.87. The quantitative estimate of drug-likeness (QED) is 0.818. The summed E-state index contributed by atoms with van der Waals surface area (Å²) in [5.74, 6) is -0.104. The Kier molecular flexibility index (Phi) is 4.75. The number of amides is 1. The number of benzene rings is 2. The Morgan fingerprint density at radius 2 is 1.91 bits per heavy atom. The molecule has 0 aliphatic carbocycles. The molecule has 2 aromatic carbocycles. The lowest BCUT2D eigenvalue weighted by Crippen LogP contribution is -2.30. The van der Waals surface area contributed by atoms with Crippen LogP contribution >= 0.6 is 0 Å². The minimum absolute atomic E-state index is 0.122. The molecular weight excluding hydrogens is 289 g/mol. The molecule has 1 atom stereocenters. The molecule has 0 N–H and O–H groups in total. The third-order valence-electron chi connectivity index (χ3n) is 4.60. The van der Waals surface area contributed by atoms with Gasteiger partial charge in [0.2, 0.25) is 5.91 Å². The van der Waals surface area contributed by atoms with E-state index in [2.05, 4.69) is 31.2 Å². The highest BCUT2D eigenvalue weighted by molar-refractivity contribution is 5.77. The van der Waals surface area contributed by atoms with E-state index in [0.717, 1.165) is 19.4 Å². The predicted octanol–water partition coefficient (Wildman–Crippen LogP) is 4.43. The Hall–Kier alpha value is -2.16. The number of likely N-dealkylation sites (tertiary alicyclic amines) is 1. The molecule has 0 saturated carbocycles. The molecule has 23 heavy (non-hydrogen) atoms. The first-order valence-corrected chi connectivity index (χ1v) is 8.24. The van der Waals surface area contributed by atoms with Crippen LogP contribution in [-0.4, -0.2) is 17.4 Å². The van der Waals surface area contributed by atoms with Gasteiger partial charge < -0.3 is 4.90 Å². The maximum Gasteiger partial charge on any atom is 0.223 e. The monoisotopic (exact) mass is 311 g/mol. The summed E-state index contributed by atoms with van der Waals surface area (Å²) in [5, 5.41) is 0. The average Bonchev–Trinajstić information content (AvgIpc) is 3.04. The van der Waals surface area contributed by atoms with Crippen LogP contribution in [0.4, 0.5) is 4.39 Å². The molecule has 0 bridgehead atoms. The summed E-state index contributed by atoms with van der Waals surface area (Å²) < 4.78 is 13.7. The Bertz CT molecular complexity index is 680. The van der Waals surface area contributed by atoms with Crippen LogP contribution in [0.25, 0.3) is 0 Å². The van der Waals surface area contributed by atoms with Crippen molar-refractivity contribution in [3.63, 3.8) is 0 Å². The van der Waals surface area contributed by atoms with Crippen molar-refractivity contribution >= 4 is 5.91 Å². The van der Waals surface area contributed by atoms with Crippen molar-refractivity contribution in [3.8, 4) is 0 Å². The number of carbonyl (C=O) groups excluding carboxylic acids is 1. The molecule has 1 unspecified atom stereocenters. The fourth-order valence-electron chi connectivity index (χ4n) is 3.29. The van der Waals surface area contributed by atoms with Crippen LogP contribution in [0.5, 0.6) is 0 Å². The largest absolute Gasteiger partial charge is 0.336 e. The summed E-state index contributed by atoms with van der Waals surface area (Å²) in [6.07, 6.45) is 2.87. The van der Waals surface area contributed by atoms with E-state index in [0.29, 0.717) is 18.4 Å². The van der Waals surface area contributed by atoms with Gasteiger partial charge in [-0.25, -0.2) is 4.39 Å². The van der Waals surface area contributed by atoms with Crippen LogP contribution < -0.4 is 0 Å². The van der Waals surface area contributed by atoms with E-state index in [1.54, 1.807) is 12.1 Å². The van der Waals surface area contributed by atoms with Crippen molar-refractivity contribution < 1.29 is 9.18 Å². The van der Waals surface area contributed by atoms with Gasteiger partial charge in [0.05, 0.1) is 6.04 Å². The zero-order chi connectivity index (χ0) is 16.2. The second-order valence-corrected chi connectivity index (χ2v) is 6.25. The molecular formula is C20H22FNO. The van der Waals surface area contributed by atoms with Crippen molar-refractivity contribution in [1.82, 2.24) is 4.90 Å². The van der Waals surface area contributed by atoms with Crippen LogP contribution in [0.15, 0.2) is 48.5 Å². The molecule has 1 aliphatic rings. The van der Waals surface area contributed by atoms with E-state index < -0.39 is 0 Å². The van der Waals surface area contributed by atoms with Gasteiger partial charge in [0.25, 0.3) is 0 Å². The molecule has 2 aromatic rings. The van der Waals surface area contributed by atoms with Gasteiger partial charge in [-0.05, 0) is 43.4 Å². The minimum atomic E-state index is -0.225. The zero-order valence-corrected chi connectivity index (χ0v) is 13.5. The Morgan fingerprint density at radius 3 is 2.65 bits per heavy atom. The normalized spacial score (nSPS) is 17.5. The number of nitrogens with zero attached hydrogens (tertiary/aromatic N) is 1. The third-order valence-corrected chi connectivity index (χ3v) is 4.60. The first-order valence-electron chi connectivity index (χ1n) is 8.24. The lowest BCUT2D eigenvalue weighted by Gasteiger charge is -2.25. The first-order chi connectivity index (χ1) is 11.1. The van der Waals surface area contributed by atoms with Gasteiger partial charge in [-0.15, -0.1) is 0 Å². The fraction of sp³-hybridized carbons (Fsp3) is 0.350. The Labute approximate surface area is 136 Å². The number of carbonyl (C=O) groups is 1. The number of hydrogen-bond acceptors (Lipinski definition) is 1. The fourth-order valence-corrected chi connectivity index (χ4v) is 3.29. The second kappa shape index (κ2) is 6.95. The van der Waals surface area contributed by atoms with Gasteiger partial charge in [-0.3, -0.25) is 4.79 Å². The smallest absolute Gasteiger partial charge is 0.223 e. The van der Waals surface area contributed by atoms with Crippen LogP contribution in [0, 0.1) is 12.7 Å². The van der Waals surface area contributed by atoms with E-state index in [1.807, 2.05) is 11.0 Å². The zero-order valence-electron chi connectivity index (χ0n) is 13.5. The van der Waals surface area contributed by atoms with Gasteiger partial charge in [-0.1, -0.05) is 48.0 Å². The summed E-state index contributed by atoms with van der Waals surface area (Å²) in [7, 11) is 0. The van der Waals surface area contributed by atoms with Crippen LogP contribution in [0.3, 0.4) is 0 Å². The van der Waals surface area contributed by atoms with Crippen molar-refractivity contribution in [2.24, 2.45) is 0 Å². The topological polar surface area (TPSA) is 20.3 Å². The molecule has 1 heterocycles. The summed E-state index contributed by atoms with van der Waals surface area (Å²) >= 11 is 0. The molecule has 2 nitrogen and oxygen atoms in total. The first kappa shape index (κ1) is 15.7. The molecule has 0 radical (unpaired) electrons. The van der Waals surface area contributed by atoms with Crippen LogP contribution in [0.1, 0.15) is 42.0 Å². The lowest BCUT2D eigenvalue weighted by molar-refractivity contribution is -0.132. The molecule has 1 aliphatic heterocycles. The SMILES string of the molecule is Cc1ccc(C2CCCN2C(=O)CCc2ccccc2F)cc1. The van der Waals surface area contributed by atoms with Gasteiger partial charge >= 0.3 is 0 Å². The molecule has 120 valence electrons. The molecule has 1 saturated heterocycles. The molecule has 3 rings (SSSR count). The van der Waals surface area contributed by atoms with Gasteiger partial charge in [-0.2, -0.15) is 0 Å². The van der Waals surface area contributed by atoms with Crippen molar-refractivity contribution in [1.29, 1.82) is 0 Å². The number of rotatable bonds is 4. The molecule has 1 fully saturated rings. The maximum atomic E-state index is 13.7. The number of halogens is 1. The van der Waals surface area contributed by atoms with Gasteiger partial charge in [0.15, 0.2) is 0 Å². The van der Waals surface area contributed by atoms with Gasteiger partial charge in [0, 0.05) is 13.0 Å². The minimum Gasteiger partial charge on any atom is -0.336 e. The number of hydrogen-bond donors (Lipinski definition) is 0. The summed E-state index contributed by atoms with van der Waals surface area (Å²) in [6, 6.07) is 15.3. The second-order valence-electron chi connectivity index (χ2n) is 6.25. The standard InChI is InChI=1S/C20H22FNO/c1-15-8-10-17(11-9-15)19-7-4-14-22(19)20(23)13-12-16-5-2-3-6-18(16)21/h2-3,5-6,8-11,19H,4,7,12-14H2,1H3. The van der Waals surface area contributed by atoms with E-state index in [4.69, 9.17) is 0 Å². The van der Waals surface area contributed by atoms with Gasteiger partial charge in [0.1, 0.15) is 5.82 Å². The van der Waals surface area contributed by atoms with Crippen LogP contribution in [-0.2, 0) is 11.2 Å². The Balaban J connectivity index is 1.66. The molecule has 1 amide bonds.